The van der Waals surface area contributed by atoms with E-state index in [-0.39, 0.29) is 11.4 Å². The van der Waals surface area contributed by atoms with Crippen molar-refractivity contribution in [1.82, 2.24) is 4.72 Å². The number of nitrogens with one attached hydrogen (secondary N) is 1. The van der Waals surface area contributed by atoms with Crippen molar-refractivity contribution in [2.45, 2.75) is 11.4 Å². The highest BCUT2D eigenvalue weighted by molar-refractivity contribution is 7.89. The third kappa shape index (κ3) is 3.15. The Hall–Kier alpha value is -1.65. The molecule has 1 N–H and O–H groups in total. The zero-order chi connectivity index (χ0) is 12.1. The van der Waals surface area contributed by atoms with Gasteiger partial charge in [-0.3, -0.25) is 0 Å². The maximum atomic E-state index is 11.9. The van der Waals surface area contributed by atoms with Crippen molar-refractivity contribution in [1.29, 1.82) is 0 Å². The zero-order valence-electron chi connectivity index (χ0n) is 9.13. The standard InChI is InChI=1S/C13H12NO2S/c15-17(16,13-9-5-2-6-10-13)14-11-12-7-3-1-4-8-12/h1-3,5-10,14H,11H2. The minimum atomic E-state index is -3.42. The van der Waals surface area contributed by atoms with Crippen LogP contribution in [0.3, 0.4) is 0 Å². The van der Waals surface area contributed by atoms with Crippen molar-refractivity contribution in [3.8, 4) is 0 Å². The largest absolute Gasteiger partial charge is 0.240 e. The molecule has 3 nitrogen and oxygen atoms in total. The molecule has 0 fully saturated rings. The molecule has 87 valence electrons. The molecule has 2 aromatic carbocycles. The van der Waals surface area contributed by atoms with Gasteiger partial charge in [0.05, 0.1) is 4.90 Å². The third-order valence-corrected chi connectivity index (χ3v) is 3.71. The second-order valence-corrected chi connectivity index (χ2v) is 5.32. The van der Waals surface area contributed by atoms with Crippen molar-refractivity contribution in [2.75, 3.05) is 0 Å². The van der Waals surface area contributed by atoms with E-state index in [0.717, 1.165) is 5.56 Å². The van der Waals surface area contributed by atoms with E-state index in [1.807, 2.05) is 12.1 Å². The molecular formula is C13H12NO2S. The van der Waals surface area contributed by atoms with Crippen LogP contribution in [0.15, 0.2) is 59.5 Å². The second-order valence-electron chi connectivity index (χ2n) is 3.55. The smallest absolute Gasteiger partial charge is 0.207 e. The van der Waals surface area contributed by atoms with Gasteiger partial charge in [0.25, 0.3) is 0 Å². The summed E-state index contributed by atoms with van der Waals surface area (Å²) in [5.41, 5.74) is 0.881. The highest BCUT2D eigenvalue weighted by Crippen LogP contribution is 2.08. The normalized spacial score (nSPS) is 11.3. The minimum absolute atomic E-state index is 0.272. The van der Waals surface area contributed by atoms with Gasteiger partial charge in [-0.1, -0.05) is 36.4 Å². The molecule has 0 saturated carbocycles. The summed E-state index contributed by atoms with van der Waals surface area (Å²) in [6.45, 7) is 0.272. The van der Waals surface area contributed by atoms with E-state index in [0.29, 0.717) is 0 Å². The van der Waals surface area contributed by atoms with Gasteiger partial charge in [0, 0.05) is 6.54 Å². The van der Waals surface area contributed by atoms with Crippen LogP contribution in [0.1, 0.15) is 5.56 Å². The van der Waals surface area contributed by atoms with Crippen LogP contribution in [0.2, 0.25) is 0 Å². The highest BCUT2D eigenvalue weighted by atomic mass is 32.2. The molecule has 0 atom stereocenters. The lowest BCUT2D eigenvalue weighted by Crippen LogP contribution is -2.23. The fraction of sp³-hybridized carbons (Fsp3) is 0.0769. The van der Waals surface area contributed by atoms with Gasteiger partial charge >= 0.3 is 0 Å². The van der Waals surface area contributed by atoms with Crippen LogP contribution < -0.4 is 4.72 Å². The van der Waals surface area contributed by atoms with Crippen LogP contribution in [-0.4, -0.2) is 8.42 Å². The Balaban J connectivity index is 2.09. The maximum Gasteiger partial charge on any atom is 0.240 e. The van der Waals surface area contributed by atoms with Gasteiger partial charge < -0.3 is 0 Å². The Morgan fingerprint density at radius 2 is 1.82 bits per heavy atom. The van der Waals surface area contributed by atoms with Gasteiger partial charge in [-0.15, -0.1) is 0 Å². The summed E-state index contributed by atoms with van der Waals surface area (Å²) in [5, 5.41) is 0. The van der Waals surface area contributed by atoms with Crippen molar-refractivity contribution in [3.05, 3.63) is 66.2 Å². The molecule has 0 bridgehead atoms. The lowest BCUT2D eigenvalue weighted by atomic mass is 10.2. The number of benzene rings is 2. The van der Waals surface area contributed by atoms with Crippen LogP contribution in [0.25, 0.3) is 0 Å². The average Bonchev–Trinajstić information content (AvgIpc) is 2.39. The van der Waals surface area contributed by atoms with E-state index >= 15 is 0 Å². The molecule has 0 aromatic heterocycles. The molecule has 0 aliphatic heterocycles. The second kappa shape index (κ2) is 5.12. The summed E-state index contributed by atoms with van der Waals surface area (Å²) in [6, 6.07) is 18.4. The lowest BCUT2D eigenvalue weighted by molar-refractivity contribution is 0.581. The molecule has 0 aliphatic rings. The first-order valence-corrected chi connectivity index (χ1v) is 6.66. The first-order valence-electron chi connectivity index (χ1n) is 5.18. The molecule has 0 heterocycles. The topological polar surface area (TPSA) is 46.2 Å². The monoisotopic (exact) mass is 246 g/mol. The van der Waals surface area contributed by atoms with Crippen molar-refractivity contribution < 1.29 is 8.42 Å². The fourth-order valence-electron chi connectivity index (χ4n) is 1.40. The summed E-state index contributed by atoms with van der Waals surface area (Å²) < 4.78 is 26.3. The molecule has 0 aliphatic carbocycles. The third-order valence-electron chi connectivity index (χ3n) is 2.29. The number of sulfonamides is 1. The minimum Gasteiger partial charge on any atom is -0.207 e. The van der Waals surface area contributed by atoms with E-state index in [2.05, 4.69) is 10.8 Å². The molecule has 2 rings (SSSR count). The molecule has 0 unspecified atom stereocenters. The van der Waals surface area contributed by atoms with Gasteiger partial charge in [-0.25, -0.2) is 13.1 Å². The maximum absolute atomic E-state index is 11.9. The lowest BCUT2D eigenvalue weighted by Gasteiger charge is -2.06. The molecule has 2 aromatic rings. The van der Waals surface area contributed by atoms with Crippen LogP contribution in [0.4, 0.5) is 0 Å². The van der Waals surface area contributed by atoms with Crippen molar-refractivity contribution in [2.24, 2.45) is 0 Å². The molecule has 4 heteroatoms. The Bertz CT molecular complexity index is 565. The van der Waals surface area contributed by atoms with Crippen LogP contribution in [0, 0.1) is 6.07 Å². The Morgan fingerprint density at radius 1 is 1.06 bits per heavy atom. The average molecular weight is 246 g/mol. The Morgan fingerprint density at radius 3 is 2.47 bits per heavy atom. The van der Waals surface area contributed by atoms with Gasteiger partial charge in [0.1, 0.15) is 0 Å². The predicted molar refractivity (Wildman–Crippen MR) is 65.7 cm³/mol. The number of rotatable bonds is 4. The zero-order valence-corrected chi connectivity index (χ0v) is 9.94. The SMILES string of the molecule is O=S(=O)(NCc1c[c]ccc1)c1ccccc1. The van der Waals surface area contributed by atoms with Gasteiger partial charge in [-0.05, 0) is 29.8 Å². The number of hydrogen-bond donors (Lipinski definition) is 1. The molecule has 1 radical (unpaired) electrons. The van der Waals surface area contributed by atoms with E-state index in [9.17, 15) is 8.42 Å². The van der Waals surface area contributed by atoms with Gasteiger partial charge in [0.15, 0.2) is 0 Å². The first kappa shape index (κ1) is 11.8. The predicted octanol–water partition coefficient (Wildman–Crippen LogP) is 1.97. The number of hydrogen-bond acceptors (Lipinski definition) is 2. The van der Waals surface area contributed by atoms with Crippen molar-refractivity contribution >= 4 is 10.0 Å². The Labute approximate surface area is 101 Å². The summed E-state index contributed by atoms with van der Waals surface area (Å²) in [4.78, 5) is 0.278. The molecule has 0 spiro atoms. The van der Waals surface area contributed by atoms with E-state index in [1.165, 1.54) is 0 Å². The summed E-state index contributed by atoms with van der Waals surface area (Å²) >= 11 is 0. The van der Waals surface area contributed by atoms with Crippen LogP contribution >= 0.6 is 0 Å². The Kier molecular flexibility index (Phi) is 3.56. The molecule has 0 amide bonds. The summed E-state index contributed by atoms with van der Waals surface area (Å²) in [7, 11) is -3.42. The fourth-order valence-corrected chi connectivity index (χ4v) is 2.44. The van der Waals surface area contributed by atoms with E-state index < -0.39 is 10.0 Å². The summed E-state index contributed by atoms with van der Waals surface area (Å²) in [6.07, 6.45) is 0. The van der Waals surface area contributed by atoms with Crippen LogP contribution in [0.5, 0.6) is 0 Å². The van der Waals surface area contributed by atoms with Gasteiger partial charge in [0.2, 0.25) is 10.0 Å². The van der Waals surface area contributed by atoms with Crippen LogP contribution in [-0.2, 0) is 16.6 Å². The molecule has 0 saturated heterocycles. The van der Waals surface area contributed by atoms with Crippen molar-refractivity contribution in [3.63, 3.8) is 0 Å². The quantitative estimate of drug-likeness (QED) is 0.896. The first-order chi connectivity index (χ1) is 8.18. The van der Waals surface area contributed by atoms with E-state index in [1.54, 1.807) is 42.5 Å². The molecule has 17 heavy (non-hydrogen) atoms. The highest BCUT2D eigenvalue weighted by Gasteiger charge is 2.12. The summed E-state index contributed by atoms with van der Waals surface area (Å²) in [5.74, 6) is 0. The van der Waals surface area contributed by atoms with E-state index in [4.69, 9.17) is 0 Å². The van der Waals surface area contributed by atoms with Gasteiger partial charge in [-0.2, -0.15) is 0 Å². The molecular weight excluding hydrogens is 234 g/mol.